The number of sulfonamides is 1. The van der Waals surface area contributed by atoms with Crippen LogP contribution >= 0.6 is 0 Å². The molecule has 0 unspecified atom stereocenters. The number of halogens is 1. The number of aromatic amines is 2. The monoisotopic (exact) mass is 379 g/mol. The van der Waals surface area contributed by atoms with Gasteiger partial charge in [0, 0.05) is 13.1 Å². The minimum Gasteiger partial charge on any atom is -0.494 e. The minimum atomic E-state index is -3.82. The van der Waals surface area contributed by atoms with E-state index < -0.39 is 21.5 Å². The molecule has 26 heavy (non-hydrogen) atoms. The highest BCUT2D eigenvalue weighted by Crippen LogP contribution is 2.23. The van der Waals surface area contributed by atoms with Crippen molar-refractivity contribution in [2.45, 2.75) is 18.4 Å². The molecule has 0 saturated carbocycles. The molecule has 1 heterocycles. The third-order valence-electron chi connectivity index (χ3n) is 4.05. The van der Waals surface area contributed by atoms with E-state index in [-0.39, 0.29) is 23.7 Å². The summed E-state index contributed by atoms with van der Waals surface area (Å²) in [5.41, 5.74) is 1.03. The Balaban J connectivity index is 1.94. The molecular formula is C17H18FN3O4S. The highest BCUT2D eigenvalue weighted by Gasteiger charge is 2.24. The summed E-state index contributed by atoms with van der Waals surface area (Å²) in [7, 11) is -2.45. The van der Waals surface area contributed by atoms with Crippen molar-refractivity contribution >= 4 is 21.1 Å². The van der Waals surface area contributed by atoms with Crippen LogP contribution in [0.4, 0.5) is 4.39 Å². The van der Waals surface area contributed by atoms with Crippen LogP contribution in [0.2, 0.25) is 0 Å². The van der Waals surface area contributed by atoms with Gasteiger partial charge in [-0.3, -0.25) is 0 Å². The lowest BCUT2D eigenvalue weighted by Gasteiger charge is -2.21. The Kier molecular flexibility index (Phi) is 4.84. The zero-order chi connectivity index (χ0) is 18.9. The van der Waals surface area contributed by atoms with Crippen LogP contribution in [0.15, 0.2) is 46.1 Å². The number of benzene rings is 2. The smallest absolute Gasteiger partial charge is 0.323 e. The number of H-pyrrole nitrogens is 2. The van der Waals surface area contributed by atoms with Gasteiger partial charge in [-0.25, -0.2) is 17.6 Å². The molecule has 2 N–H and O–H groups in total. The molecule has 0 fully saturated rings. The number of hydrogen-bond acceptors (Lipinski definition) is 4. The van der Waals surface area contributed by atoms with Gasteiger partial charge in [-0.1, -0.05) is 13.0 Å². The van der Waals surface area contributed by atoms with Gasteiger partial charge in [0.2, 0.25) is 10.0 Å². The zero-order valence-electron chi connectivity index (χ0n) is 14.2. The number of ether oxygens (including phenoxy) is 1. The van der Waals surface area contributed by atoms with Gasteiger partial charge in [-0.15, -0.1) is 0 Å². The van der Waals surface area contributed by atoms with Crippen LogP contribution in [0.1, 0.15) is 12.5 Å². The highest BCUT2D eigenvalue weighted by molar-refractivity contribution is 7.89. The molecular weight excluding hydrogens is 361 g/mol. The van der Waals surface area contributed by atoms with Crippen LogP contribution in [0.3, 0.4) is 0 Å². The lowest BCUT2D eigenvalue weighted by Crippen LogP contribution is -2.30. The summed E-state index contributed by atoms with van der Waals surface area (Å²) in [4.78, 5) is 16.5. The van der Waals surface area contributed by atoms with Gasteiger partial charge >= 0.3 is 5.69 Å². The van der Waals surface area contributed by atoms with Crippen molar-refractivity contribution in [2.24, 2.45) is 0 Å². The summed E-state index contributed by atoms with van der Waals surface area (Å²) < 4.78 is 45.8. The van der Waals surface area contributed by atoms with Crippen LogP contribution in [-0.4, -0.2) is 36.3 Å². The summed E-state index contributed by atoms with van der Waals surface area (Å²) >= 11 is 0. The van der Waals surface area contributed by atoms with Crippen molar-refractivity contribution in [3.63, 3.8) is 0 Å². The fourth-order valence-corrected chi connectivity index (χ4v) is 4.16. The van der Waals surface area contributed by atoms with Crippen molar-refractivity contribution < 1.29 is 17.5 Å². The van der Waals surface area contributed by atoms with Crippen LogP contribution in [0, 0.1) is 5.82 Å². The molecule has 0 bridgehead atoms. The van der Waals surface area contributed by atoms with Gasteiger partial charge in [-0.2, -0.15) is 4.31 Å². The number of nitrogens with zero attached hydrogens (tertiary/aromatic N) is 1. The second-order valence-electron chi connectivity index (χ2n) is 5.69. The van der Waals surface area contributed by atoms with Gasteiger partial charge in [0.25, 0.3) is 0 Å². The van der Waals surface area contributed by atoms with Gasteiger partial charge in [0.15, 0.2) is 11.6 Å². The maximum Gasteiger partial charge on any atom is 0.323 e. The number of rotatable bonds is 6. The molecule has 1 aromatic heterocycles. The minimum absolute atomic E-state index is 0.0153. The maximum absolute atomic E-state index is 13.9. The Labute approximate surface area is 149 Å². The van der Waals surface area contributed by atoms with E-state index in [0.717, 1.165) is 0 Å². The third-order valence-corrected chi connectivity index (χ3v) is 5.97. The molecule has 0 saturated heterocycles. The van der Waals surface area contributed by atoms with Crippen molar-refractivity contribution in [1.29, 1.82) is 0 Å². The van der Waals surface area contributed by atoms with Gasteiger partial charge < -0.3 is 14.7 Å². The summed E-state index contributed by atoms with van der Waals surface area (Å²) in [6, 6.07) is 8.69. The number of fused-ring (bicyclic) bond motifs is 1. The predicted molar refractivity (Wildman–Crippen MR) is 95.1 cm³/mol. The lowest BCUT2D eigenvalue weighted by atomic mass is 10.2. The molecule has 0 aliphatic heterocycles. The molecule has 0 spiro atoms. The molecule has 9 heteroatoms. The Bertz CT molecular complexity index is 1100. The van der Waals surface area contributed by atoms with E-state index in [0.29, 0.717) is 16.6 Å². The second kappa shape index (κ2) is 6.93. The summed E-state index contributed by atoms with van der Waals surface area (Å²) in [5, 5.41) is 0. The van der Waals surface area contributed by atoms with Crippen molar-refractivity contribution in [3.8, 4) is 5.75 Å². The number of methoxy groups -OCH3 is 1. The Morgan fingerprint density at radius 1 is 1.12 bits per heavy atom. The first-order valence-electron chi connectivity index (χ1n) is 7.89. The normalized spacial score (nSPS) is 12.0. The van der Waals surface area contributed by atoms with Crippen molar-refractivity contribution in [1.82, 2.24) is 14.3 Å². The number of hydrogen-bond donors (Lipinski definition) is 2. The van der Waals surface area contributed by atoms with E-state index in [1.165, 1.54) is 41.7 Å². The second-order valence-corrected chi connectivity index (χ2v) is 7.62. The largest absolute Gasteiger partial charge is 0.494 e. The molecule has 0 atom stereocenters. The fraction of sp³-hybridized carbons (Fsp3) is 0.235. The van der Waals surface area contributed by atoms with E-state index in [1.54, 1.807) is 13.0 Å². The van der Waals surface area contributed by atoms with Gasteiger partial charge in [0.05, 0.1) is 23.0 Å². The highest BCUT2D eigenvalue weighted by atomic mass is 32.2. The van der Waals surface area contributed by atoms with E-state index in [9.17, 15) is 17.6 Å². The van der Waals surface area contributed by atoms with Gasteiger partial charge in [-0.05, 0) is 35.9 Å². The summed E-state index contributed by atoms with van der Waals surface area (Å²) in [6.45, 7) is 1.92. The van der Waals surface area contributed by atoms with Crippen molar-refractivity contribution in [2.75, 3.05) is 13.7 Å². The molecule has 138 valence electrons. The molecule has 0 aliphatic rings. The number of aromatic nitrogens is 2. The number of imidazole rings is 1. The lowest BCUT2D eigenvalue weighted by molar-refractivity contribution is 0.384. The van der Waals surface area contributed by atoms with E-state index in [2.05, 4.69) is 9.97 Å². The molecule has 0 amide bonds. The Hall–Kier alpha value is -2.65. The van der Waals surface area contributed by atoms with Crippen LogP contribution < -0.4 is 10.4 Å². The van der Waals surface area contributed by atoms with E-state index >= 15 is 0 Å². The molecule has 3 rings (SSSR count). The fourth-order valence-electron chi connectivity index (χ4n) is 2.70. The molecule has 7 nitrogen and oxygen atoms in total. The quantitative estimate of drug-likeness (QED) is 0.686. The molecule has 2 aromatic carbocycles. The SMILES string of the molecule is CCN(Cc1ccc(OC)c(F)c1)S(=O)(=O)c1ccc2[nH]c(=O)[nH]c2c1. The van der Waals surface area contributed by atoms with Crippen LogP contribution in [0.5, 0.6) is 5.75 Å². The topological polar surface area (TPSA) is 95.3 Å². The number of nitrogens with one attached hydrogen (secondary N) is 2. The maximum atomic E-state index is 13.9. The van der Waals surface area contributed by atoms with E-state index in [4.69, 9.17) is 4.74 Å². The first-order chi connectivity index (χ1) is 12.3. The first-order valence-corrected chi connectivity index (χ1v) is 9.33. The Morgan fingerprint density at radius 3 is 2.50 bits per heavy atom. The van der Waals surface area contributed by atoms with E-state index in [1.807, 2.05) is 0 Å². The molecule has 0 radical (unpaired) electrons. The average molecular weight is 379 g/mol. The summed E-state index contributed by atoms with van der Waals surface area (Å²) in [5.74, 6) is -0.453. The molecule has 3 aromatic rings. The van der Waals surface area contributed by atoms with Crippen molar-refractivity contribution in [3.05, 3.63) is 58.3 Å². The zero-order valence-corrected chi connectivity index (χ0v) is 15.1. The standard InChI is InChI=1S/C17H18FN3O4S/c1-3-21(10-11-4-7-16(25-2)13(18)8-11)26(23,24)12-5-6-14-15(9-12)20-17(22)19-14/h4-9H,3,10H2,1-2H3,(H2,19,20,22). The Morgan fingerprint density at radius 2 is 1.85 bits per heavy atom. The average Bonchev–Trinajstić information content (AvgIpc) is 2.98. The summed E-state index contributed by atoms with van der Waals surface area (Å²) in [6.07, 6.45) is 0. The predicted octanol–water partition coefficient (Wildman–Crippen LogP) is 2.21. The third kappa shape index (κ3) is 3.35. The van der Waals surface area contributed by atoms with Gasteiger partial charge in [0.1, 0.15) is 0 Å². The first kappa shape index (κ1) is 18.2. The van der Waals surface area contributed by atoms with Crippen LogP contribution in [-0.2, 0) is 16.6 Å². The molecule has 0 aliphatic carbocycles. The van der Waals surface area contributed by atoms with Crippen LogP contribution in [0.25, 0.3) is 11.0 Å².